The van der Waals surface area contributed by atoms with Crippen LogP contribution in [-0.4, -0.2) is 126 Å². The van der Waals surface area contributed by atoms with Gasteiger partial charge in [0.05, 0.1) is 45.4 Å². The van der Waals surface area contributed by atoms with Gasteiger partial charge in [-0.05, 0) is 94.5 Å². The lowest BCUT2D eigenvalue weighted by Gasteiger charge is -2.45. The van der Waals surface area contributed by atoms with Gasteiger partial charge in [-0.15, -0.1) is 0 Å². The van der Waals surface area contributed by atoms with Crippen LogP contribution in [0.3, 0.4) is 0 Å². The van der Waals surface area contributed by atoms with Crippen LogP contribution in [0.25, 0.3) is 0 Å². The predicted molar refractivity (Wildman–Crippen MR) is 249 cm³/mol. The smallest absolute Gasteiger partial charge is 0.306 e. The summed E-state index contributed by atoms with van der Waals surface area (Å²) in [6, 6.07) is 0.407. The van der Waals surface area contributed by atoms with Crippen LogP contribution in [0, 0.1) is 35.5 Å². The van der Waals surface area contributed by atoms with Crippen molar-refractivity contribution in [3.63, 3.8) is 0 Å². The van der Waals surface area contributed by atoms with E-state index < -0.39 is 12.4 Å². The molecule has 0 N–H and O–H groups in total. The lowest BCUT2D eigenvalue weighted by atomic mass is 9.70. The minimum Gasteiger partial charge on any atom is -0.462 e. The summed E-state index contributed by atoms with van der Waals surface area (Å²) in [4.78, 5) is 28.6. The highest BCUT2D eigenvalue weighted by atomic mass is 16.7. The molecule has 17 atom stereocenters. The number of ether oxygens (including phenoxy) is 8. The topological polar surface area (TPSA) is 108 Å². The number of quaternary nitrogens is 1. The largest absolute Gasteiger partial charge is 0.462 e. The number of rotatable bonds is 20. The molecule has 0 amide bonds. The van der Waals surface area contributed by atoms with Crippen molar-refractivity contribution in [2.45, 2.75) is 224 Å². The van der Waals surface area contributed by atoms with E-state index in [9.17, 15) is 9.59 Å². The first-order valence-electron chi connectivity index (χ1n) is 26.0. The molecule has 4 fully saturated rings. The molecule has 3 saturated heterocycles. The summed E-state index contributed by atoms with van der Waals surface area (Å²) >= 11 is 0. The second-order valence-corrected chi connectivity index (χ2v) is 21.2. The van der Waals surface area contributed by atoms with Crippen molar-refractivity contribution in [1.29, 1.82) is 0 Å². The predicted octanol–water partition coefficient (Wildman–Crippen LogP) is 9.92. The Morgan fingerprint density at radius 3 is 2.06 bits per heavy atom. The summed E-state index contributed by atoms with van der Waals surface area (Å²) in [5.74, 6) is 0.0186. The summed E-state index contributed by atoms with van der Waals surface area (Å²) in [6.07, 6.45) is 24.5. The molecule has 1 saturated carbocycles. The SMILES string of the molecule is CCCCCCCCCCCC[N+](C)(C)[C@H]1CC[C@H](O[C@H]2CCC[C@H](CC)OC(=O)C[C@@H]3C(=C[C@@H]4[C@H]3C=C[C@@H]3C[C@@H](O[C@@H]5O[C@@H](C)[C@H](OC)[C@@H](OC)[C@H]5OC)C[C@@H]43)C(=O)[C@@H]2C)O[C@@H]1C. The number of unbranched alkanes of at least 4 members (excludes halogenated alkanes) is 9. The monoisotopic (exact) mass is 901 g/mol. The molecule has 3 aliphatic carbocycles. The molecule has 0 radical (unpaired) electrons. The van der Waals surface area contributed by atoms with Gasteiger partial charge in [0.2, 0.25) is 0 Å². The third-order valence-electron chi connectivity index (χ3n) is 16.6. The molecule has 0 aromatic carbocycles. The van der Waals surface area contributed by atoms with E-state index in [1.54, 1.807) is 21.3 Å². The van der Waals surface area contributed by atoms with Crippen molar-refractivity contribution in [2.24, 2.45) is 35.5 Å². The Hall–Kier alpha value is -1.70. The molecular formula is C53H90NO10+. The molecule has 3 aliphatic heterocycles. The summed E-state index contributed by atoms with van der Waals surface area (Å²) in [5, 5.41) is 0. The third-order valence-corrected chi connectivity index (χ3v) is 16.6. The van der Waals surface area contributed by atoms with Crippen LogP contribution in [0.5, 0.6) is 0 Å². The van der Waals surface area contributed by atoms with Gasteiger partial charge in [-0.1, -0.05) is 90.4 Å². The number of cyclic esters (lactones) is 1. The van der Waals surface area contributed by atoms with Crippen LogP contribution in [0.4, 0.5) is 0 Å². The lowest BCUT2D eigenvalue weighted by Crippen LogP contribution is -2.59. The van der Waals surface area contributed by atoms with Gasteiger partial charge in [0.15, 0.2) is 18.4 Å². The summed E-state index contributed by atoms with van der Waals surface area (Å²) in [7, 11) is 9.75. The van der Waals surface area contributed by atoms with Gasteiger partial charge in [0.25, 0.3) is 0 Å². The van der Waals surface area contributed by atoms with E-state index in [-0.39, 0.29) is 96.8 Å². The maximum atomic E-state index is 14.9. The van der Waals surface area contributed by atoms with Gasteiger partial charge >= 0.3 is 5.97 Å². The van der Waals surface area contributed by atoms with Gasteiger partial charge in [-0.2, -0.15) is 0 Å². The zero-order chi connectivity index (χ0) is 46.0. The highest BCUT2D eigenvalue weighted by Gasteiger charge is 2.53. The Kier molecular flexibility index (Phi) is 19.8. The molecular weight excluding hydrogens is 811 g/mol. The van der Waals surface area contributed by atoms with Crippen LogP contribution in [0.1, 0.15) is 157 Å². The van der Waals surface area contributed by atoms with Crippen molar-refractivity contribution < 1.29 is 52.0 Å². The standard InChI is InChI=1S/C53H90NO10/c1-11-13-14-15-16-17-18-19-20-21-29-54(6,7)45-27-28-48(60-35(45)4)64-46-24-22-23-38(12-2)62-47(55)33-43-40-26-25-37-30-39(31-41(37)42(40)32-44(43)49(56)34(46)3)63-53-52(59-10)51(58-9)50(57-8)36(5)61-53/h25-26,32,34-43,45-46,48,50-53H,11-24,27-31,33H2,1-10H3/q+1/t34-,35-,36+,37-,38+,39-,40-,41-,42-,43+,45+,46+,48+,50+,51-,52-,53+/m1/s1. The molecule has 0 aromatic heterocycles. The third kappa shape index (κ3) is 12.7. The first-order valence-corrected chi connectivity index (χ1v) is 26.0. The number of likely N-dealkylation sites (N-methyl/N-ethyl adjacent to an activating group) is 1. The zero-order valence-electron chi connectivity index (χ0n) is 41.7. The van der Waals surface area contributed by atoms with Crippen molar-refractivity contribution in [3.8, 4) is 0 Å². The molecule has 6 aliphatic rings. The normalized spacial score (nSPS) is 39.6. The number of carbonyl (C=O) groups excluding carboxylic acids is 2. The maximum absolute atomic E-state index is 14.9. The van der Waals surface area contributed by atoms with E-state index in [0.717, 1.165) is 61.5 Å². The molecule has 0 unspecified atom stereocenters. The summed E-state index contributed by atoms with van der Waals surface area (Å²) in [6.45, 7) is 11.8. The Morgan fingerprint density at radius 1 is 0.719 bits per heavy atom. The number of nitrogens with zero attached hydrogens (tertiary/aromatic N) is 1. The Morgan fingerprint density at radius 2 is 1.41 bits per heavy atom. The van der Waals surface area contributed by atoms with Crippen LogP contribution in [0.2, 0.25) is 0 Å². The van der Waals surface area contributed by atoms with E-state index in [1.807, 2.05) is 13.8 Å². The van der Waals surface area contributed by atoms with Crippen LogP contribution >= 0.6 is 0 Å². The molecule has 366 valence electrons. The first-order chi connectivity index (χ1) is 30.8. The quantitative estimate of drug-likeness (QED) is 0.0507. The number of Topliss-reactive ketones (excluding diaryl/α,β-unsaturated/α-hetero) is 1. The van der Waals surface area contributed by atoms with E-state index in [4.69, 9.17) is 37.9 Å². The van der Waals surface area contributed by atoms with E-state index in [2.05, 4.69) is 53.1 Å². The number of carbonyl (C=O) groups is 2. The number of hydrogen-bond acceptors (Lipinski definition) is 10. The molecule has 3 heterocycles. The van der Waals surface area contributed by atoms with Crippen molar-refractivity contribution in [3.05, 3.63) is 23.8 Å². The van der Waals surface area contributed by atoms with Gasteiger partial charge < -0.3 is 42.4 Å². The van der Waals surface area contributed by atoms with Gasteiger partial charge in [0.1, 0.15) is 36.6 Å². The zero-order valence-corrected chi connectivity index (χ0v) is 41.7. The molecule has 0 bridgehead atoms. The molecule has 11 heteroatoms. The van der Waals surface area contributed by atoms with Gasteiger partial charge in [-0.25, -0.2) is 0 Å². The minimum atomic E-state index is -0.597. The highest BCUT2D eigenvalue weighted by molar-refractivity contribution is 5.99. The summed E-state index contributed by atoms with van der Waals surface area (Å²) < 4.78 is 51.4. The molecule has 0 aromatic rings. The van der Waals surface area contributed by atoms with Gasteiger partial charge in [0, 0.05) is 46.0 Å². The van der Waals surface area contributed by atoms with E-state index in [0.29, 0.717) is 18.4 Å². The van der Waals surface area contributed by atoms with E-state index >= 15 is 0 Å². The van der Waals surface area contributed by atoms with E-state index in [1.165, 1.54) is 64.2 Å². The summed E-state index contributed by atoms with van der Waals surface area (Å²) in [5.41, 5.74) is 0.776. The van der Waals surface area contributed by atoms with Crippen LogP contribution in [0.15, 0.2) is 23.8 Å². The maximum Gasteiger partial charge on any atom is 0.306 e. The fourth-order valence-corrected chi connectivity index (χ4v) is 12.8. The van der Waals surface area contributed by atoms with Gasteiger partial charge in [-0.3, -0.25) is 9.59 Å². The minimum absolute atomic E-state index is 0.0420. The fraction of sp³-hybridized carbons (Fsp3) is 0.887. The Labute approximate surface area is 388 Å². The Balaban J connectivity index is 1.09. The lowest BCUT2D eigenvalue weighted by molar-refractivity contribution is -0.920. The second-order valence-electron chi connectivity index (χ2n) is 21.2. The van der Waals surface area contributed by atoms with Crippen LogP contribution < -0.4 is 0 Å². The number of methoxy groups -OCH3 is 3. The second kappa shape index (κ2) is 24.5. The van der Waals surface area contributed by atoms with Crippen molar-refractivity contribution in [1.82, 2.24) is 0 Å². The Bertz CT molecular complexity index is 1520. The number of esters is 1. The molecule has 0 spiro atoms. The fourth-order valence-electron chi connectivity index (χ4n) is 12.8. The average molecular weight is 901 g/mol. The molecule has 6 rings (SSSR count). The average Bonchev–Trinajstić information content (AvgIpc) is 3.85. The van der Waals surface area contributed by atoms with Crippen molar-refractivity contribution in [2.75, 3.05) is 42.0 Å². The molecule has 64 heavy (non-hydrogen) atoms. The van der Waals surface area contributed by atoms with Crippen LogP contribution in [-0.2, 0) is 47.5 Å². The number of hydrogen-bond donors (Lipinski definition) is 0. The molecule has 11 nitrogen and oxygen atoms in total. The number of allylic oxidation sites excluding steroid dienone is 4. The van der Waals surface area contributed by atoms with Crippen molar-refractivity contribution >= 4 is 11.8 Å². The number of fused-ring (bicyclic) bond motifs is 5. The number of ketones is 1. The first kappa shape index (κ1) is 51.7. The highest BCUT2D eigenvalue weighted by Crippen LogP contribution is 2.54.